The van der Waals surface area contributed by atoms with E-state index < -0.39 is 0 Å². The minimum atomic E-state index is 0.0315. The zero-order valence-corrected chi connectivity index (χ0v) is 14.0. The average Bonchev–Trinajstić information content (AvgIpc) is 2.89. The predicted octanol–water partition coefficient (Wildman–Crippen LogP) is 4.73. The van der Waals surface area contributed by atoms with Gasteiger partial charge in [0.1, 0.15) is 5.84 Å². The number of hydrogen-bond donors (Lipinski definition) is 0. The van der Waals surface area contributed by atoms with Crippen molar-refractivity contribution in [3.63, 3.8) is 0 Å². The quantitative estimate of drug-likeness (QED) is 0.787. The van der Waals surface area contributed by atoms with Gasteiger partial charge < -0.3 is 0 Å². The van der Waals surface area contributed by atoms with Crippen LogP contribution in [0, 0.1) is 6.92 Å². The molecule has 1 aliphatic carbocycles. The lowest BCUT2D eigenvalue weighted by Crippen LogP contribution is -2.31. The number of aryl methyl sites for hydroxylation is 1. The molecule has 3 nitrogen and oxygen atoms in total. The summed E-state index contributed by atoms with van der Waals surface area (Å²) in [4.78, 5) is 19.8. The molecule has 2 aromatic rings. The summed E-state index contributed by atoms with van der Waals surface area (Å²) in [6, 6.07) is 16.3. The van der Waals surface area contributed by atoms with Crippen LogP contribution in [-0.2, 0) is 0 Å². The maximum absolute atomic E-state index is 13.0. The molecule has 24 heavy (non-hydrogen) atoms. The zero-order valence-electron chi connectivity index (χ0n) is 14.0. The van der Waals surface area contributed by atoms with Gasteiger partial charge in [-0.25, -0.2) is 0 Å². The fourth-order valence-electron chi connectivity index (χ4n) is 3.65. The molecule has 0 aromatic heterocycles. The third-order valence-corrected chi connectivity index (χ3v) is 4.98. The van der Waals surface area contributed by atoms with Gasteiger partial charge in [-0.05, 0) is 38.0 Å². The number of amidine groups is 1. The number of hydrogen-bond acceptors (Lipinski definition) is 2. The maximum Gasteiger partial charge on any atom is 0.264 e. The van der Waals surface area contributed by atoms with Crippen LogP contribution < -0.4 is 4.90 Å². The molecule has 1 heterocycles. The van der Waals surface area contributed by atoms with Crippen molar-refractivity contribution < 1.29 is 4.79 Å². The van der Waals surface area contributed by atoms with E-state index in [1.54, 1.807) is 4.90 Å². The lowest BCUT2D eigenvalue weighted by atomic mass is 9.96. The molecule has 0 unspecified atom stereocenters. The van der Waals surface area contributed by atoms with Gasteiger partial charge in [-0.1, -0.05) is 55.2 Å². The molecule has 2 aliphatic rings. The number of anilines is 1. The van der Waals surface area contributed by atoms with Crippen molar-refractivity contribution in [1.29, 1.82) is 0 Å². The molecule has 3 heteroatoms. The Morgan fingerprint density at radius 1 is 0.917 bits per heavy atom. The van der Waals surface area contributed by atoms with Crippen LogP contribution in [0.3, 0.4) is 0 Å². The maximum atomic E-state index is 13.0. The average molecular weight is 318 g/mol. The highest BCUT2D eigenvalue weighted by Gasteiger charge is 2.35. The summed E-state index contributed by atoms with van der Waals surface area (Å²) in [5.41, 5.74) is 3.81. The molecule has 0 atom stereocenters. The van der Waals surface area contributed by atoms with E-state index in [4.69, 9.17) is 4.99 Å². The second-order valence-electron chi connectivity index (χ2n) is 6.77. The largest absolute Gasteiger partial charge is 0.268 e. The first-order chi connectivity index (χ1) is 11.7. The van der Waals surface area contributed by atoms with Crippen molar-refractivity contribution in [3.05, 3.63) is 65.2 Å². The first-order valence-corrected chi connectivity index (χ1v) is 8.82. The van der Waals surface area contributed by atoms with E-state index in [0.29, 0.717) is 6.04 Å². The number of carbonyl (C=O) groups is 1. The van der Waals surface area contributed by atoms with Crippen molar-refractivity contribution >= 4 is 17.4 Å². The summed E-state index contributed by atoms with van der Waals surface area (Å²) < 4.78 is 0. The van der Waals surface area contributed by atoms with E-state index in [0.717, 1.165) is 35.5 Å². The van der Waals surface area contributed by atoms with E-state index in [9.17, 15) is 4.79 Å². The molecule has 0 spiro atoms. The van der Waals surface area contributed by atoms with E-state index in [-0.39, 0.29) is 5.91 Å². The number of amides is 1. The van der Waals surface area contributed by atoms with Gasteiger partial charge in [0.15, 0.2) is 0 Å². The van der Waals surface area contributed by atoms with Crippen molar-refractivity contribution in [3.8, 4) is 0 Å². The number of rotatable bonds is 2. The first kappa shape index (κ1) is 15.1. The number of carbonyl (C=O) groups excluding carboxylic acids is 1. The number of benzene rings is 2. The Labute approximate surface area is 143 Å². The van der Waals surface area contributed by atoms with Gasteiger partial charge in [-0.15, -0.1) is 0 Å². The highest BCUT2D eigenvalue weighted by Crippen LogP contribution is 2.31. The van der Waals surface area contributed by atoms with Crippen molar-refractivity contribution in [2.24, 2.45) is 4.99 Å². The molecule has 1 fully saturated rings. The standard InChI is InChI=1S/C21H22N2O/c1-15-11-13-17(14-12-15)23-20(22-16-7-3-2-4-8-16)18-9-5-6-10-19(18)21(23)24/h5-6,9-14,16H,2-4,7-8H2,1H3. The molecule has 1 amide bonds. The van der Waals surface area contributed by atoms with E-state index in [2.05, 4.69) is 6.92 Å². The summed E-state index contributed by atoms with van der Waals surface area (Å²) in [5.74, 6) is 0.857. The second-order valence-corrected chi connectivity index (χ2v) is 6.77. The summed E-state index contributed by atoms with van der Waals surface area (Å²) in [6.45, 7) is 2.06. The lowest BCUT2D eigenvalue weighted by molar-refractivity contribution is 0.101. The Balaban J connectivity index is 1.80. The van der Waals surface area contributed by atoms with E-state index in [1.165, 1.54) is 24.8 Å². The van der Waals surface area contributed by atoms with Gasteiger partial charge in [0.2, 0.25) is 0 Å². The molecule has 2 aromatic carbocycles. The summed E-state index contributed by atoms with van der Waals surface area (Å²) in [5, 5.41) is 0. The predicted molar refractivity (Wildman–Crippen MR) is 97.8 cm³/mol. The highest BCUT2D eigenvalue weighted by atomic mass is 16.2. The van der Waals surface area contributed by atoms with Gasteiger partial charge in [-0.3, -0.25) is 14.7 Å². The van der Waals surface area contributed by atoms with Crippen LogP contribution >= 0.6 is 0 Å². The second kappa shape index (κ2) is 6.23. The zero-order chi connectivity index (χ0) is 16.5. The van der Waals surface area contributed by atoms with Crippen LogP contribution in [0.4, 0.5) is 5.69 Å². The molecule has 0 saturated heterocycles. The molecule has 4 rings (SSSR count). The van der Waals surface area contributed by atoms with E-state index >= 15 is 0 Å². The number of fused-ring (bicyclic) bond motifs is 1. The van der Waals surface area contributed by atoms with Gasteiger partial charge >= 0.3 is 0 Å². The highest BCUT2D eigenvalue weighted by molar-refractivity contribution is 6.36. The van der Waals surface area contributed by atoms with Gasteiger partial charge in [0, 0.05) is 5.56 Å². The minimum absolute atomic E-state index is 0.0315. The first-order valence-electron chi connectivity index (χ1n) is 8.82. The molecule has 0 N–H and O–H groups in total. The minimum Gasteiger partial charge on any atom is -0.268 e. The normalized spacial score (nSPS) is 19.8. The molecule has 122 valence electrons. The van der Waals surface area contributed by atoms with Gasteiger partial charge in [0.05, 0.1) is 17.3 Å². The molecule has 0 radical (unpaired) electrons. The third kappa shape index (κ3) is 2.64. The van der Waals surface area contributed by atoms with Crippen LogP contribution in [0.15, 0.2) is 53.5 Å². The third-order valence-electron chi connectivity index (χ3n) is 4.98. The Hall–Kier alpha value is -2.42. The topological polar surface area (TPSA) is 32.7 Å². The Morgan fingerprint density at radius 2 is 1.58 bits per heavy atom. The van der Waals surface area contributed by atoms with Crippen LogP contribution in [-0.4, -0.2) is 17.8 Å². The van der Waals surface area contributed by atoms with Crippen LogP contribution in [0.1, 0.15) is 53.6 Å². The molecular formula is C21H22N2O. The summed E-state index contributed by atoms with van der Waals surface area (Å²) >= 11 is 0. The van der Waals surface area contributed by atoms with Crippen molar-refractivity contribution in [1.82, 2.24) is 0 Å². The summed E-state index contributed by atoms with van der Waals surface area (Å²) in [7, 11) is 0. The SMILES string of the molecule is Cc1ccc(N2C(=O)c3ccccc3C2=NC2CCCCC2)cc1. The number of aliphatic imine (C=N–C) groups is 1. The van der Waals surface area contributed by atoms with Crippen LogP contribution in [0.2, 0.25) is 0 Å². The lowest BCUT2D eigenvalue weighted by Gasteiger charge is -2.22. The Bertz CT molecular complexity index is 786. The Morgan fingerprint density at radius 3 is 2.29 bits per heavy atom. The fourth-order valence-corrected chi connectivity index (χ4v) is 3.65. The van der Waals surface area contributed by atoms with Crippen LogP contribution in [0.25, 0.3) is 0 Å². The van der Waals surface area contributed by atoms with Crippen molar-refractivity contribution in [2.75, 3.05) is 4.90 Å². The van der Waals surface area contributed by atoms with E-state index in [1.807, 2.05) is 48.5 Å². The monoisotopic (exact) mass is 318 g/mol. The number of nitrogens with zero attached hydrogens (tertiary/aromatic N) is 2. The molecular weight excluding hydrogens is 296 g/mol. The van der Waals surface area contributed by atoms with Gasteiger partial charge in [-0.2, -0.15) is 0 Å². The summed E-state index contributed by atoms with van der Waals surface area (Å²) in [6.07, 6.45) is 6.03. The molecule has 1 aliphatic heterocycles. The van der Waals surface area contributed by atoms with Crippen molar-refractivity contribution in [2.45, 2.75) is 45.1 Å². The fraction of sp³-hybridized carbons (Fsp3) is 0.333. The Kier molecular flexibility index (Phi) is 3.93. The van der Waals surface area contributed by atoms with Gasteiger partial charge in [0.25, 0.3) is 5.91 Å². The molecule has 1 saturated carbocycles. The molecule has 0 bridgehead atoms. The van der Waals surface area contributed by atoms with Crippen LogP contribution in [0.5, 0.6) is 0 Å². The smallest absolute Gasteiger partial charge is 0.264 e.